The van der Waals surface area contributed by atoms with Gasteiger partial charge in [0.05, 0.1) is 0 Å². The summed E-state index contributed by atoms with van der Waals surface area (Å²) < 4.78 is 0. The van der Waals surface area contributed by atoms with Crippen molar-refractivity contribution in [2.45, 2.75) is 27.3 Å². The number of hydrogen-bond acceptors (Lipinski definition) is 2. The zero-order valence-corrected chi connectivity index (χ0v) is 9.68. The van der Waals surface area contributed by atoms with Crippen LogP contribution in [0.25, 0.3) is 0 Å². The Labute approximate surface area is 86.2 Å². The average Bonchev–Trinajstić information content (AvgIpc) is 2.09. The third-order valence-corrected chi connectivity index (χ3v) is 2.62. The summed E-state index contributed by atoms with van der Waals surface area (Å²) >= 11 is 0. The Hall–Kier alpha value is -1.02. The minimum atomic E-state index is 0.455. The molecule has 0 bridgehead atoms. The number of rotatable bonds is 2. The molecule has 1 aromatic carbocycles. The minimum absolute atomic E-state index is 0.455. The van der Waals surface area contributed by atoms with Crippen molar-refractivity contribution in [3.63, 3.8) is 0 Å². The SMILES string of the molecule is Cc1cc(C)c(CN(C)C)c(O)c1C. The second-order valence-electron chi connectivity index (χ2n) is 4.20. The third-order valence-electron chi connectivity index (χ3n) is 2.62. The number of aromatic hydroxyl groups is 1. The number of aryl methyl sites for hydroxylation is 2. The summed E-state index contributed by atoms with van der Waals surface area (Å²) in [6.45, 7) is 6.83. The smallest absolute Gasteiger partial charge is 0.123 e. The second-order valence-corrected chi connectivity index (χ2v) is 4.20. The van der Waals surface area contributed by atoms with Crippen LogP contribution >= 0.6 is 0 Å². The topological polar surface area (TPSA) is 23.5 Å². The van der Waals surface area contributed by atoms with Gasteiger partial charge in [-0.25, -0.2) is 0 Å². The van der Waals surface area contributed by atoms with Gasteiger partial charge in [-0.05, 0) is 51.6 Å². The van der Waals surface area contributed by atoms with Crippen LogP contribution < -0.4 is 0 Å². The summed E-state index contributed by atoms with van der Waals surface area (Å²) in [6.07, 6.45) is 0. The van der Waals surface area contributed by atoms with E-state index in [0.29, 0.717) is 5.75 Å². The average molecular weight is 193 g/mol. The summed E-state index contributed by atoms with van der Waals surface area (Å²) in [4.78, 5) is 2.07. The van der Waals surface area contributed by atoms with Gasteiger partial charge in [-0.2, -0.15) is 0 Å². The van der Waals surface area contributed by atoms with Crippen LogP contribution in [0.5, 0.6) is 5.75 Å². The molecule has 2 heteroatoms. The highest BCUT2D eigenvalue weighted by Crippen LogP contribution is 2.28. The van der Waals surface area contributed by atoms with Crippen molar-refractivity contribution in [1.29, 1.82) is 0 Å². The largest absolute Gasteiger partial charge is 0.507 e. The first-order valence-electron chi connectivity index (χ1n) is 4.87. The van der Waals surface area contributed by atoms with Crippen molar-refractivity contribution in [2.24, 2.45) is 0 Å². The first-order valence-corrected chi connectivity index (χ1v) is 4.87. The van der Waals surface area contributed by atoms with E-state index in [9.17, 15) is 5.11 Å². The highest BCUT2D eigenvalue weighted by atomic mass is 16.3. The fraction of sp³-hybridized carbons (Fsp3) is 0.500. The first kappa shape index (κ1) is 11.1. The molecule has 0 saturated heterocycles. The maximum absolute atomic E-state index is 9.98. The molecule has 78 valence electrons. The van der Waals surface area contributed by atoms with Crippen LogP contribution in [0, 0.1) is 20.8 Å². The van der Waals surface area contributed by atoms with E-state index in [1.165, 1.54) is 5.56 Å². The van der Waals surface area contributed by atoms with E-state index in [1.807, 2.05) is 34.9 Å². The quantitative estimate of drug-likeness (QED) is 0.779. The fourth-order valence-electron chi connectivity index (χ4n) is 1.64. The Balaban J connectivity index is 3.22. The Morgan fingerprint density at radius 2 is 1.71 bits per heavy atom. The van der Waals surface area contributed by atoms with Crippen molar-refractivity contribution < 1.29 is 5.11 Å². The van der Waals surface area contributed by atoms with E-state index in [2.05, 4.69) is 11.0 Å². The fourth-order valence-corrected chi connectivity index (χ4v) is 1.64. The van der Waals surface area contributed by atoms with Gasteiger partial charge in [0, 0.05) is 12.1 Å². The molecule has 0 atom stereocenters. The molecule has 0 radical (unpaired) electrons. The molecule has 1 N–H and O–H groups in total. The summed E-state index contributed by atoms with van der Waals surface area (Å²) in [5, 5.41) is 9.98. The zero-order chi connectivity index (χ0) is 10.9. The van der Waals surface area contributed by atoms with Gasteiger partial charge >= 0.3 is 0 Å². The molecule has 0 aliphatic rings. The molecule has 0 aromatic heterocycles. The highest BCUT2D eigenvalue weighted by Gasteiger charge is 2.10. The number of hydrogen-bond donors (Lipinski definition) is 1. The maximum atomic E-state index is 9.98. The molecule has 0 saturated carbocycles. The van der Waals surface area contributed by atoms with E-state index in [1.54, 1.807) is 0 Å². The second kappa shape index (κ2) is 4.01. The summed E-state index contributed by atoms with van der Waals surface area (Å²) in [6, 6.07) is 2.13. The normalized spacial score (nSPS) is 11.0. The number of benzene rings is 1. The molecule has 0 fully saturated rings. The van der Waals surface area contributed by atoms with E-state index in [4.69, 9.17) is 0 Å². The summed E-state index contributed by atoms with van der Waals surface area (Å²) in [5.41, 5.74) is 4.35. The summed E-state index contributed by atoms with van der Waals surface area (Å²) in [5.74, 6) is 0.455. The van der Waals surface area contributed by atoms with Crippen molar-refractivity contribution in [3.05, 3.63) is 28.3 Å². The Kier molecular flexibility index (Phi) is 3.17. The van der Waals surface area contributed by atoms with Crippen LogP contribution in [0.15, 0.2) is 6.07 Å². The lowest BCUT2D eigenvalue weighted by Gasteiger charge is -2.16. The van der Waals surface area contributed by atoms with Crippen molar-refractivity contribution in [1.82, 2.24) is 4.90 Å². The van der Waals surface area contributed by atoms with Gasteiger partial charge in [0.1, 0.15) is 5.75 Å². The van der Waals surface area contributed by atoms with Crippen LogP contribution in [0.1, 0.15) is 22.3 Å². The van der Waals surface area contributed by atoms with Crippen molar-refractivity contribution in [3.8, 4) is 5.75 Å². The number of phenolic OH excluding ortho intramolecular Hbond substituents is 1. The molecule has 0 aliphatic heterocycles. The van der Waals surface area contributed by atoms with Gasteiger partial charge in [-0.1, -0.05) is 6.07 Å². The van der Waals surface area contributed by atoms with Gasteiger partial charge in [0.15, 0.2) is 0 Å². The number of nitrogens with zero attached hydrogens (tertiary/aromatic N) is 1. The molecule has 0 amide bonds. The predicted octanol–water partition coefficient (Wildman–Crippen LogP) is 2.38. The van der Waals surface area contributed by atoms with E-state index >= 15 is 0 Å². The molecule has 0 aliphatic carbocycles. The lowest BCUT2D eigenvalue weighted by atomic mass is 9.99. The Bertz CT molecular complexity index is 343. The molecule has 0 unspecified atom stereocenters. The maximum Gasteiger partial charge on any atom is 0.123 e. The van der Waals surface area contributed by atoms with Gasteiger partial charge < -0.3 is 10.0 Å². The molecule has 1 aromatic rings. The molecule has 14 heavy (non-hydrogen) atoms. The van der Waals surface area contributed by atoms with E-state index in [0.717, 1.165) is 23.2 Å². The van der Waals surface area contributed by atoms with Gasteiger partial charge in [0.25, 0.3) is 0 Å². The molecule has 2 nitrogen and oxygen atoms in total. The Morgan fingerprint density at radius 3 is 2.21 bits per heavy atom. The Morgan fingerprint density at radius 1 is 1.14 bits per heavy atom. The van der Waals surface area contributed by atoms with Crippen molar-refractivity contribution in [2.75, 3.05) is 14.1 Å². The standard InChI is InChI=1S/C12H19NO/c1-8-6-9(2)11(7-13(4)5)12(14)10(8)3/h6,14H,7H2,1-5H3. The molecule has 1 rings (SSSR count). The zero-order valence-electron chi connectivity index (χ0n) is 9.68. The van der Waals surface area contributed by atoms with Crippen LogP contribution in [0.3, 0.4) is 0 Å². The molecular formula is C12H19NO. The molecule has 0 spiro atoms. The monoisotopic (exact) mass is 193 g/mol. The van der Waals surface area contributed by atoms with Gasteiger partial charge in [-0.3, -0.25) is 0 Å². The van der Waals surface area contributed by atoms with Crippen LogP contribution in [-0.2, 0) is 6.54 Å². The third kappa shape index (κ3) is 2.07. The van der Waals surface area contributed by atoms with Crippen LogP contribution in [0.4, 0.5) is 0 Å². The highest BCUT2D eigenvalue weighted by molar-refractivity contribution is 5.48. The lowest BCUT2D eigenvalue weighted by Crippen LogP contribution is -2.12. The van der Waals surface area contributed by atoms with Gasteiger partial charge in [-0.15, -0.1) is 0 Å². The minimum Gasteiger partial charge on any atom is -0.507 e. The van der Waals surface area contributed by atoms with Crippen molar-refractivity contribution >= 4 is 0 Å². The molecule has 0 heterocycles. The van der Waals surface area contributed by atoms with Crippen LogP contribution in [0.2, 0.25) is 0 Å². The molecular weight excluding hydrogens is 174 g/mol. The summed E-state index contributed by atoms with van der Waals surface area (Å²) in [7, 11) is 4.02. The van der Waals surface area contributed by atoms with E-state index in [-0.39, 0.29) is 0 Å². The first-order chi connectivity index (χ1) is 6.43. The predicted molar refractivity (Wildman–Crippen MR) is 59.7 cm³/mol. The van der Waals surface area contributed by atoms with E-state index < -0.39 is 0 Å². The lowest BCUT2D eigenvalue weighted by molar-refractivity contribution is 0.383. The van der Waals surface area contributed by atoms with Gasteiger partial charge in [0.2, 0.25) is 0 Å². The van der Waals surface area contributed by atoms with Crippen LogP contribution in [-0.4, -0.2) is 24.1 Å². The number of phenols is 1.